The zero-order valence-electron chi connectivity index (χ0n) is 9.36. The van der Waals surface area contributed by atoms with Gasteiger partial charge in [0, 0.05) is 0 Å². The largest absolute Gasteiger partial charge is 0.446 e. The van der Waals surface area contributed by atoms with Crippen molar-refractivity contribution in [2.45, 2.75) is 5.92 Å². The molecule has 1 unspecified atom stereocenters. The van der Waals surface area contributed by atoms with E-state index >= 15 is 0 Å². The zero-order chi connectivity index (χ0) is 14.0. The van der Waals surface area contributed by atoms with Crippen molar-refractivity contribution < 1.29 is 9.21 Å². The van der Waals surface area contributed by atoms with Crippen molar-refractivity contribution in [3.05, 3.63) is 56.4 Å². The number of hydrogen-bond acceptors (Lipinski definition) is 3. The van der Waals surface area contributed by atoms with Gasteiger partial charge in [0.2, 0.25) is 5.78 Å². The number of rotatable bonds is 3. The van der Waals surface area contributed by atoms with E-state index in [4.69, 9.17) is 27.6 Å². The Morgan fingerprint density at radius 1 is 1.26 bits per heavy atom. The number of furan rings is 1. The summed E-state index contributed by atoms with van der Waals surface area (Å²) < 4.78 is 5.59. The van der Waals surface area contributed by atoms with Gasteiger partial charge in [-0.1, -0.05) is 29.3 Å². The predicted molar refractivity (Wildman–Crippen MR) is 75.6 cm³/mol. The number of nitrogens with zero attached hydrogens (tertiary/aromatic N) is 1. The van der Waals surface area contributed by atoms with Crippen LogP contribution in [0.25, 0.3) is 0 Å². The third kappa shape index (κ3) is 3.01. The highest BCUT2D eigenvalue weighted by Crippen LogP contribution is 2.29. The predicted octanol–water partition coefficient (Wildman–Crippen LogP) is 4.84. The number of Topliss-reactive ketones (excluding diaryl/α,β-unsaturated/α-hetero) is 1. The summed E-state index contributed by atoms with van der Waals surface area (Å²) in [6.45, 7) is 0. The summed E-state index contributed by atoms with van der Waals surface area (Å²) in [4.78, 5) is 12.2. The van der Waals surface area contributed by atoms with Crippen LogP contribution in [0.15, 0.2) is 39.4 Å². The van der Waals surface area contributed by atoms with Gasteiger partial charge in [-0.25, -0.2) is 0 Å². The SMILES string of the molecule is N#CC(C(=O)c1ccc(Br)o1)c1ccc(Cl)c(Cl)c1. The van der Waals surface area contributed by atoms with Crippen molar-refractivity contribution in [3.8, 4) is 6.07 Å². The van der Waals surface area contributed by atoms with Gasteiger partial charge in [0.15, 0.2) is 10.4 Å². The van der Waals surface area contributed by atoms with Crippen LogP contribution in [0.1, 0.15) is 22.0 Å². The molecule has 0 aliphatic rings. The highest BCUT2D eigenvalue weighted by atomic mass is 79.9. The molecule has 0 spiro atoms. The van der Waals surface area contributed by atoms with Crippen LogP contribution in [0.5, 0.6) is 0 Å². The second-order valence-corrected chi connectivity index (χ2v) is 5.30. The molecule has 1 atom stereocenters. The highest BCUT2D eigenvalue weighted by molar-refractivity contribution is 9.10. The Labute approximate surface area is 127 Å². The molecule has 6 heteroatoms. The van der Waals surface area contributed by atoms with Gasteiger partial charge in [-0.3, -0.25) is 4.79 Å². The van der Waals surface area contributed by atoms with Crippen molar-refractivity contribution >= 4 is 44.9 Å². The molecular weight excluding hydrogens is 353 g/mol. The average Bonchev–Trinajstić information content (AvgIpc) is 2.81. The molecule has 3 nitrogen and oxygen atoms in total. The van der Waals surface area contributed by atoms with E-state index in [1.54, 1.807) is 18.2 Å². The molecule has 0 saturated carbocycles. The van der Waals surface area contributed by atoms with Gasteiger partial charge in [-0.15, -0.1) is 0 Å². The van der Waals surface area contributed by atoms with Crippen LogP contribution in [0, 0.1) is 11.3 Å². The van der Waals surface area contributed by atoms with Crippen LogP contribution < -0.4 is 0 Å². The minimum absolute atomic E-state index is 0.115. The summed E-state index contributed by atoms with van der Waals surface area (Å²) in [5, 5.41) is 9.85. The molecule has 0 saturated heterocycles. The second-order valence-electron chi connectivity index (χ2n) is 3.70. The minimum Gasteiger partial charge on any atom is -0.446 e. The molecule has 1 aromatic heterocycles. The second kappa shape index (κ2) is 5.79. The quantitative estimate of drug-likeness (QED) is 0.737. The molecule has 0 N–H and O–H groups in total. The number of carbonyl (C=O) groups is 1. The lowest BCUT2D eigenvalue weighted by Crippen LogP contribution is -2.10. The molecular formula is C13H6BrCl2NO2. The van der Waals surface area contributed by atoms with Crippen molar-refractivity contribution in [3.63, 3.8) is 0 Å². The molecule has 0 aliphatic carbocycles. The van der Waals surface area contributed by atoms with Gasteiger partial charge in [0.25, 0.3) is 0 Å². The van der Waals surface area contributed by atoms with Crippen LogP contribution >= 0.6 is 39.1 Å². The Morgan fingerprint density at radius 3 is 2.53 bits per heavy atom. The summed E-state index contributed by atoms with van der Waals surface area (Å²) >= 11 is 14.8. The molecule has 1 aromatic carbocycles. The molecule has 19 heavy (non-hydrogen) atoms. The molecule has 96 valence electrons. The molecule has 1 heterocycles. The Kier molecular flexibility index (Phi) is 4.31. The molecule has 2 rings (SSSR count). The first-order valence-corrected chi connectivity index (χ1v) is 6.72. The van der Waals surface area contributed by atoms with Gasteiger partial charge < -0.3 is 4.42 Å². The van der Waals surface area contributed by atoms with E-state index in [9.17, 15) is 10.1 Å². The van der Waals surface area contributed by atoms with Gasteiger partial charge in [0.05, 0.1) is 16.1 Å². The molecule has 0 radical (unpaired) electrons. The van der Waals surface area contributed by atoms with Gasteiger partial charge >= 0.3 is 0 Å². The summed E-state index contributed by atoms with van der Waals surface area (Å²) in [5.74, 6) is -1.29. The van der Waals surface area contributed by atoms with E-state index in [0.29, 0.717) is 20.3 Å². The fourth-order valence-electron chi connectivity index (χ4n) is 1.57. The van der Waals surface area contributed by atoms with Crippen molar-refractivity contribution in [2.24, 2.45) is 0 Å². The van der Waals surface area contributed by atoms with Gasteiger partial charge in [-0.05, 0) is 45.8 Å². The molecule has 0 amide bonds. The highest BCUT2D eigenvalue weighted by Gasteiger charge is 2.25. The summed E-state index contributed by atoms with van der Waals surface area (Å²) in [7, 11) is 0. The van der Waals surface area contributed by atoms with Crippen LogP contribution in [0.4, 0.5) is 0 Å². The number of carbonyl (C=O) groups excluding carboxylic acids is 1. The van der Waals surface area contributed by atoms with E-state index in [1.165, 1.54) is 12.1 Å². The monoisotopic (exact) mass is 357 g/mol. The summed E-state index contributed by atoms with van der Waals surface area (Å²) in [5.41, 5.74) is 0.481. The first-order chi connectivity index (χ1) is 9.02. The smallest absolute Gasteiger partial charge is 0.219 e. The number of hydrogen-bond donors (Lipinski definition) is 0. The molecule has 0 bridgehead atoms. The average molecular weight is 359 g/mol. The van der Waals surface area contributed by atoms with Crippen LogP contribution in [0.3, 0.4) is 0 Å². The third-order valence-corrected chi connectivity index (χ3v) is 3.65. The maximum atomic E-state index is 12.2. The van der Waals surface area contributed by atoms with Crippen LogP contribution in [-0.4, -0.2) is 5.78 Å². The molecule has 0 aliphatic heterocycles. The number of nitriles is 1. The topological polar surface area (TPSA) is 54.0 Å². The van der Waals surface area contributed by atoms with Crippen molar-refractivity contribution in [1.82, 2.24) is 0 Å². The summed E-state index contributed by atoms with van der Waals surface area (Å²) in [6, 6.07) is 9.70. The third-order valence-electron chi connectivity index (χ3n) is 2.48. The zero-order valence-corrected chi connectivity index (χ0v) is 12.5. The first kappa shape index (κ1) is 14.1. The van der Waals surface area contributed by atoms with E-state index < -0.39 is 11.7 Å². The lowest BCUT2D eigenvalue weighted by Gasteiger charge is -2.07. The lowest BCUT2D eigenvalue weighted by molar-refractivity contribution is 0.0950. The summed E-state index contributed by atoms with van der Waals surface area (Å²) in [6.07, 6.45) is 0. The lowest BCUT2D eigenvalue weighted by atomic mass is 9.95. The Balaban J connectivity index is 2.37. The first-order valence-electron chi connectivity index (χ1n) is 5.17. The number of benzene rings is 1. The molecule has 0 fully saturated rings. The maximum absolute atomic E-state index is 12.2. The van der Waals surface area contributed by atoms with Crippen molar-refractivity contribution in [1.29, 1.82) is 5.26 Å². The maximum Gasteiger partial charge on any atom is 0.219 e. The van der Waals surface area contributed by atoms with E-state index in [-0.39, 0.29) is 5.76 Å². The number of halogens is 3. The van der Waals surface area contributed by atoms with E-state index in [2.05, 4.69) is 15.9 Å². The fraction of sp³-hybridized carbons (Fsp3) is 0.0769. The normalized spacial score (nSPS) is 11.9. The Bertz CT molecular complexity index is 676. The standard InChI is InChI=1S/C13H6BrCl2NO2/c14-12-4-3-11(19-12)13(18)8(6-17)7-1-2-9(15)10(16)5-7/h1-5,8H. The molecule has 2 aromatic rings. The van der Waals surface area contributed by atoms with Gasteiger partial charge in [0.1, 0.15) is 5.92 Å². The fourth-order valence-corrected chi connectivity index (χ4v) is 2.18. The van der Waals surface area contributed by atoms with Gasteiger partial charge in [-0.2, -0.15) is 5.26 Å². The van der Waals surface area contributed by atoms with E-state index in [0.717, 1.165) is 0 Å². The van der Waals surface area contributed by atoms with Crippen LogP contribution in [0.2, 0.25) is 10.0 Å². The van der Waals surface area contributed by atoms with Crippen LogP contribution in [-0.2, 0) is 0 Å². The Morgan fingerprint density at radius 2 is 2.00 bits per heavy atom. The number of ketones is 1. The Hall–Kier alpha value is -1.28. The minimum atomic E-state index is -0.979. The van der Waals surface area contributed by atoms with E-state index in [1.807, 2.05) is 6.07 Å². The van der Waals surface area contributed by atoms with Crippen molar-refractivity contribution in [2.75, 3.05) is 0 Å².